The Balaban J connectivity index is 0. The first-order chi connectivity index (χ1) is 6.77. The van der Waals surface area contributed by atoms with E-state index in [1.807, 2.05) is 12.3 Å². The summed E-state index contributed by atoms with van der Waals surface area (Å²) in [6.45, 7) is 2.64. The second kappa shape index (κ2) is 14.0. The molecule has 4 heteroatoms. The average Bonchev–Trinajstić information content (AvgIpc) is 2.15. The van der Waals surface area contributed by atoms with Gasteiger partial charge in [0.1, 0.15) is 0 Å². The number of rotatable bonds is 9. The third-order valence-corrected chi connectivity index (χ3v) is 1.93. The molecule has 0 spiro atoms. The van der Waals surface area contributed by atoms with Crippen molar-refractivity contribution in [2.24, 2.45) is 0 Å². The Kier molecular flexibility index (Phi) is 16.3. The molecular weight excluding hydrogens is 201 g/mol. The van der Waals surface area contributed by atoms with E-state index in [4.69, 9.17) is 0 Å². The van der Waals surface area contributed by atoms with Crippen LogP contribution in [0.3, 0.4) is 0 Å². The summed E-state index contributed by atoms with van der Waals surface area (Å²) >= 11 is 0. The van der Waals surface area contributed by atoms with Crippen molar-refractivity contribution in [1.29, 1.82) is 0 Å². The Morgan fingerprint density at radius 2 is 2.07 bits per heavy atom. The van der Waals surface area contributed by atoms with Crippen molar-refractivity contribution in [3.8, 4) is 0 Å². The zero-order valence-corrected chi connectivity index (χ0v) is 11.9. The maximum Gasteiger partial charge on any atom is 1.00 e. The van der Waals surface area contributed by atoms with E-state index in [-0.39, 0.29) is 36.0 Å². The van der Waals surface area contributed by atoms with Crippen LogP contribution in [0.4, 0.5) is 0 Å². The quantitative estimate of drug-likeness (QED) is 0.369. The summed E-state index contributed by atoms with van der Waals surface area (Å²) in [5.41, 5.74) is 0. The minimum Gasteiger partial charge on any atom is -0.550 e. The van der Waals surface area contributed by atoms with E-state index in [1.54, 1.807) is 0 Å². The number of unbranched alkanes of at least 4 members (excludes halogenated alkanes) is 4. The Morgan fingerprint density at radius 1 is 1.33 bits per heavy atom. The van der Waals surface area contributed by atoms with Gasteiger partial charge in [0.25, 0.3) is 0 Å². The fourth-order valence-corrected chi connectivity index (χ4v) is 1.11. The van der Waals surface area contributed by atoms with Gasteiger partial charge in [0.2, 0.25) is 0 Å². The van der Waals surface area contributed by atoms with E-state index in [1.165, 1.54) is 25.7 Å². The van der Waals surface area contributed by atoms with Gasteiger partial charge in [-0.1, -0.05) is 32.3 Å². The Bertz CT molecular complexity index is 172. The molecule has 82 valence electrons. The number of allylic oxidation sites excluding steroid dienone is 1. The zero-order valence-electron chi connectivity index (χ0n) is 9.92. The van der Waals surface area contributed by atoms with Gasteiger partial charge in [0, 0.05) is 18.9 Å². The van der Waals surface area contributed by atoms with Crippen LogP contribution < -0.4 is 40.0 Å². The minimum atomic E-state index is -1.01. The third kappa shape index (κ3) is 16.7. The molecule has 0 fully saturated rings. The molecule has 0 heterocycles. The van der Waals surface area contributed by atoms with Crippen molar-refractivity contribution in [3.63, 3.8) is 0 Å². The molecule has 0 aromatic carbocycles. The molecule has 0 aliphatic rings. The molecular formula is C11H20NNaO2. The summed E-state index contributed by atoms with van der Waals surface area (Å²) in [4.78, 5) is 10.0. The van der Waals surface area contributed by atoms with Crippen LogP contribution in [0.15, 0.2) is 12.3 Å². The van der Waals surface area contributed by atoms with Crippen molar-refractivity contribution >= 4 is 5.97 Å². The normalized spacial score (nSPS) is 9.93. The van der Waals surface area contributed by atoms with E-state index in [2.05, 4.69) is 12.2 Å². The number of carbonyl (C=O) groups is 1. The average molecular weight is 221 g/mol. The maximum atomic E-state index is 10.0. The van der Waals surface area contributed by atoms with Crippen LogP contribution in [-0.2, 0) is 4.79 Å². The summed E-state index contributed by atoms with van der Waals surface area (Å²) in [5, 5.41) is 12.9. The second-order valence-electron chi connectivity index (χ2n) is 3.33. The number of carbonyl (C=O) groups excluding carboxylic acids is 1. The summed E-state index contributed by atoms with van der Waals surface area (Å²) in [5.74, 6) is -1.01. The molecule has 0 saturated heterocycles. The smallest absolute Gasteiger partial charge is 0.550 e. The van der Waals surface area contributed by atoms with Gasteiger partial charge in [0.05, 0.1) is 0 Å². The molecule has 0 unspecified atom stereocenters. The van der Waals surface area contributed by atoms with Crippen molar-refractivity contribution in [1.82, 2.24) is 5.32 Å². The molecule has 15 heavy (non-hydrogen) atoms. The van der Waals surface area contributed by atoms with Gasteiger partial charge in [-0.25, -0.2) is 0 Å². The van der Waals surface area contributed by atoms with Gasteiger partial charge >= 0.3 is 29.6 Å². The summed E-state index contributed by atoms with van der Waals surface area (Å²) in [6, 6.07) is 0. The Hall–Kier alpha value is 0.0100. The van der Waals surface area contributed by atoms with Crippen molar-refractivity contribution in [2.75, 3.05) is 6.54 Å². The molecule has 0 aromatic rings. The zero-order chi connectivity index (χ0) is 10.6. The van der Waals surface area contributed by atoms with Gasteiger partial charge in [-0.2, -0.15) is 0 Å². The monoisotopic (exact) mass is 221 g/mol. The Labute approximate surface area is 115 Å². The Morgan fingerprint density at radius 3 is 2.67 bits per heavy atom. The summed E-state index contributed by atoms with van der Waals surface area (Å²) in [6.07, 6.45) is 10.1. The number of carboxylic acids is 1. The van der Waals surface area contributed by atoms with Crippen molar-refractivity contribution < 1.29 is 39.5 Å². The van der Waals surface area contributed by atoms with Gasteiger partial charge in [-0.15, -0.1) is 0 Å². The predicted octanol–water partition coefficient (Wildman–Crippen LogP) is -1.80. The number of carboxylic acid groups (broad SMARTS) is 1. The van der Waals surface area contributed by atoms with Crippen LogP contribution >= 0.6 is 0 Å². The fraction of sp³-hybridized carbons (Fsp3) is 0.727. The molecule has 0 aliphatic carbocycles. The third-order valence-electron chi connectivity index (χ3n) is 1.93. The van der Waals surface area contributed by atoms with Crippen LogP contribution in [0.2, 0.25) is 0 Å². The molecule has 0 saturated carbocycles. The van der Waals surface area contributed by atoms with Gasteiger partial charge < -0.3 is 15.2 Å². The van der Waals surface area contributed by atoms with Crippen LogP contribution in [0.25, 0.3) is 0 Å². The van der Waals surface area contributed by atoms with Gasteiger partial charge in [-0.3, -0.25) is 0 Å². The first kappa shape index (κ1) is 17.4. The van der Waals surface area contributed by atoms with Crippen molar-refractivity contribution in [3.05, 3.63) is 12.3 Å². The molecule has 0 bridgehead atoms. The largest absolute Gasteiger partial charge is 1.00 e. The number of nitrogens with one attached hydrogen (secondary N) is 1. The molecule has 0 aromatic heterocycles. The first-order valence-electron chi connectivity index (χ1n) is 5.35. The number of hydrogen-bond acceptors (Lipinski definition) is 3. The standard InChI is InChI=1S/C11H21NO2.Na/c1-2-3-4-5-6-7-9-12-10-8-11(13)14;/h7,9,12H,2-6,8,10H2,1H3,(H,13,14);/q;+1/p-1. The van der Waals surface area contributed by atoms with Crippen LogP contribution in [0, 0.1) is 0 Å². The van der Waals surface area contributed by atoms with Crippen LogP contribution in [-0.4, -0.2) is 12.5 Å². The molecule has 0 rings (SSSR count). The maximum absolute atomic E-state index is 10.0. The van der Waals surface area contributed by atoms with Gasteiger partial charge in [-0.05, 0) is 19.0 Å². The van der Waals surface area contributed by atoms with E-state index in [0.717, 1.165) is 6.42 Å². The molecule has 0 amide bonds. The predicted molar refractivity (Wildman–Crippen MR) is 55.5 cm³/mol. The summed E-state index contributed by atoms with van der Waals surface area (Å²) < 4.78 is 0. The van der Waals surface area contributed by atoms with E-state index < -0.39 is 5.97 Å². The fourth-order valence-electron chi connectivity index (χ4n) is 1.11. The molecule has 1 N–H and O–H groups in total. The van der Waals surface area contributed by atoms with E-state index >= 15 is 0 Å². The number of aliphatic carboxylic acids is 1. The second-order valence-corrected chi connectivity index (χ2v) is 3.33. The molecule has 0 aliphatic heterocycles. The number of hydrogen-bond donors (Lipinski definition) is 1. The summed E-state index contributed by atoms with van der Waals surface area (Å²) in [7, 11) is 0. The molecule has 3 nitrogen and oxygen atoms in total. The van der Waals surface area contributed by atoms with Gasteiger partial charge in [0.15, 0.2) is 0 Å². The minimum absolute atomic E-state index is 0. The van der Waals surface area contributed by atoms with E-state index in [9.17, 15) is 9.90 Å². The van der Waals surface area contributed by atoms with Crippen molar-refractivity contribution in [2.45, 2.75) is 45.4 Å². The van der Waals surface area contributed by atoms with E-state index in [0.29, 0.717) is 6.54 Å². The van der Waals surface area contributed by atoms with Crippen LogP contribution in [0.5, 0.6) is 0 Å². The SMILES string of the molecule is CCCCCCC=CNCCC(=O)[O-].[Na+]. The molecule has 0 atom stereocenters. The topological polar surface area (TPSA) is 52.2 Å². The first-order valence-corrected chi connectivity index (χ1v) is 5.35. The van der Waals surface area contributed by atoms with Crippen LogP contribution in [0.1, 0.15) is 45.4 Å². The molecule has 0 radical (unpaired) electrons.